The Morgan fingerprint density at radius 2 is 2.36 bits per heavy atom. The Kier molecular flexibility index (Phi) is 3.55. The summed E-state index contributed by atoms with van der Waals surface area (Å²) in [5.74, 6) is 0.152. The summed E-state index contributed by atoms with van der Waals surface area (Å²) in [5, 5.41) is 0.710. The molecule has 0 unspecified atom stereocenters. The monoisotopic (exact) mass is 252 g/mol. The van der Waals surface area contributed by atoms with E-state index < -0.39 is 0 Å². The first kappa shape index (κ1) is 9.23. The lowest BCUT2D eigenvalue weighted by Gasteiger charge is -1.90. The van der Waals surface area contributed by atoms with Crippen LogP contribution in [0.25, 0.3) is 0 Å². The van der Waals surface area contributed by atoms with Gasteiger partial charge in [-0.2, -0.15) is 0 Å². The van der Waals surface area contributed by atoms with Gasteiger partial charge in [-0.3, -0.25) is 4.79 Å². The minimum atomic E-state index is 0.152. The first-order valence-electron chi connectivity index (χ1n) is 3.08. The van der Waals surface area contributed by atoms with Crippen molar-refractivity contribution < 1.29 is 4.79 Å². The van der Waals surface area contributed by atoms with Crippen LogP contribution < -0.4 is 0 Å². The normalized spacial score (nSPS) is 10.0. The molecule has 1 rings (SSSR count). The molecule has 0 bridgehead atoms. The molecule has 1 heterocycles. The lowest BCUT2D eigenvalue weighted by atomic mass is 10.3. The van der Waals surface area contributed by atoms with Gasteiger partial charge in [-0.1, -0.05) is 27.5 Å². The molecule has 1 aromatic rings. The number of hydrogen-bond donors (Lipinski definition) is 0. The molecular formula is C7H6BrClOS. The second kappa shape index (κ2) is 4.24. The van der Waals surface area contributed by atoms with Crippen molar-refractivity contribution in [1.82, 2.24) is 0 Å². The summed E-state index contributed by atoms with van der Waals surface area (Å²) >= 11 is 10.2. The second-order valence-electron chi connectivity index (χ2n) is 1.97. The highest BCUT2D eigenvalue weighted by molar-refractivity contribution is 9.09. The maximum atomic E-state index is 11.2. The van der Waals surface area contributed by atoms with Crippen molar-refractivity contribution in [3.05, 3.63) is 21.3 Å². The van der Waals surface area contributed by atoms with Crippen LogP contribution in [-0.4, -0.2) is 11.1 Å². The maximum absolute atomic E-state index is 11.2. The summed E-state index contributed by atoms with van der Waals surface area (Å²) in [4.78, 5) is 11.9. The van der Waals surface area contributed by atoms with Gasteiger partial charge in [0.25, 0.3) is 0 Å². The van der Waals surface area contributed by atoms with Crippen LogP contribution >= 0.6 is 38.9 Å². The zero-order chi connectivity index (χ0) is 8.27. The quantitative estimate of drug-likeness (QED) is 0.596. The van der Waals surface area contributed by atoms with E-state index in [2.05, 4.69) is 15.9 Å². The third kappa shape index (κ3) is 2.58. The number of rotatable bonds is 3. The van der Waals surface area contributed by atoms with E-state index in [-0.39, 0.29) is 5.78 Å². The summed E-state index contributed by atoms with van der Waals surface area (Å²) in [7, 11) is 0. The molecule has 60 valence electrons. The molecule has 11 heavy (non-hydrogen) atoms. The zero-order valence-electron chi connectivity index (χ0n) is 5.64. The molecule has 4 heteroatoms. The van der Waals surface area contributed by atoms with Crippen LogP contribution in [0.4, 0.5) is 0 Å². The molecule has 0 atom stereocenters. The van der Waals surface area contributed by atoms with Crippen LogP contribution in [0.15, 0.2) is 12.1 Å². The summed E-state index contributed by atoms with van der Waals surface area (Å²) in [5.41, 5.74) is 0. The molecular weight excluding hydrogens is 247 g/mol. The van der Waals surface area contributed by atoms with Crippen molar-refractivity contribution in [2.45, 2.75) is 6.42 Å². The zero-order valence-corrected chi connectivity index (χ0v) is 8.80. The standard InChI is InChI=1S/C7H6BrClOS/c8-4-3-5(10)6-1-2-7(9)11-6/h1-2H,3-4H2. The fourth-order valence-corrected chi connectivity index (χ4v) is 2.04. The van der Waals surface area contributed by atoms with E-state index in [4.69, 9.17) is 11.6 Å². The molecule has 1 nitrogen and oxygen atoms in total. The summed E-state index contributed by atoms with van der Waals surface area (Å²) in [6.07, 6.45) is 0.539. The van der Waals surface area contributed by atoms with Gasteiger partial charge in [0.1, 0.15) is 0 Å². The summed E-state index contributed by atoms with van der Waals surface area (Å²) < 4.78 is 0.669. The lowest BCUT2D eigenvalue weighted by Crippen LogP contribution is -1.95. The highest BCUT2D eigenvalue weighted by Gasteiger charge is 2.06. The van der Waals surface area contributed by atoms with E-state index in [0.717, 1.165) is 4.88 Å². The third-order valence-electron chi connectivity index (χ3n) is 1.17. The van der Waals surface area contributed by atoms with Crippen molar-refractivity contribution in [1.29, 1.82) is 0 Å². The van der Waals surface area contributed by atoms with Crippen LogP contribution in [0.3, 0.4) is 0 Å². The van der Waals surface area contributed by atoms with Gasteiger partial charge < -0.3 is 0 Å². The van der Waals surface area contributed by atoms with Crippen LogP contribution in [0.1, 0.15) is 16.1 Å². The highest BCUT2D eigenvalue weighted by Crippen LogP contribution is 2.22. The van der Waals surface area contributed by atoms with Crippen molar-refractivity contribution in [2.75, 3.05) is 5.33 Å². The largest absolute Gasteiger partial charge is 0.293 e. The van der Waals surface area contributed by atoms with Gasteiger partial charge >= 0.3 is 0 Å². The number of carbonyl (C=O) groups is 1. The Labute approximate surface area is 82.5 Å². The number of carbonyl (C=O) groups excluding carboxylic acids is 1. The minimum Gasteiger partial charge on any atom is -0.293 e. The van der Waals surface area contributed by atoms with Gasteiger partial charge in [0.15, 0.2) is 5.78 Å². The number of hydrogen-bond acceptors (Lipinski definition) is 2. The van der Waals surface area contributed by atoms with Crippen LogP contribution in [0.2, 0.25) is 4.34 Å². The van der Waals surface area contributed by atoms with E-state index in [1.807, 2.05) is 0 Å². The van der Waals surface area contributed by atoms with E-state index in [0.29, 0.717) is 16.1 Å². The third-order valence-corrected chi connectivity index (χ3v) is 2.84. The van der Waals surface area contributed by atoms with E-state index in [1.54, 1.807) is 12.1 Å². The molecule has 0 aromatic carbocycles. The van der Waals surface area contributed by atoms with Gasteiger partial charge in [-0.05, 0) is 12.1 Å². The SMILES string of the molecule is O=C(CCBr)c1ccc(Cl)s1. The number of Topliss-reactive ketones (excluding diaryl/α,β-unsaturated/α-hetero) is 1. The van der Waals surface area contributed by atoms with E-state index in [1.165, 1.54) is 11.3 Å². The lowest BCUT2D eigenvalue weighted by molar-refractivity contribution is 0.0994. The number of ketones is 1. The van der Waals surface area contributed by atoms with Gasteiger partial charge in [-0.25, -0.2) is 0 Å². The first-order chi connectivity index (χ1) is 5.24. The topological polar surface area (TPSA) is 17.1 Å². The second-order valence-corrected chi connectivity index (χ2v) is 4.47. The fourth-order valence-electron chi connectivity index (χ4n) is 0.673. The molecule has 0 radical (unpaired) electrons. The van der Waals surface area contributed by atoms with Gasteiger partial charge in [0, 0.05) is 11.8 Å². The Bertz CT molecular complexity index is 259. The molecule has 0 amide bonds. The fraction of sp³-hybridized carbons (Fsp3) is 0.286. The predicted molar refractivity (Wildman–Crippen MR) is 52.1 cm³/mol. The Hall–Kier alpha value is 0.140. The maximum Gasteiger partial charge on any atom is 0.173 e. The van der Waals surface area contributed by atoms with Gasteiger partial charge in [0.05, 0.1) is 9.21 Å². The Morgan fingerprint density at radius 1 is 1.64 bits per heavy atom. The predicted octanol–water partition coefficient (Wildman–Crippen LogP) is 3.37. The Morgan fingerprint density at radius 3 is 2.82 bits per heavy atom. The van der Waals surface area contributed by atoms with E-state index in [9.17, 15) is 4.79 Å². The van der Waals surface area contributed by atoms with Crippen molar-refractivity contribution in [3.63, 3.8) is 0 Å². The number of halogens is 2. The Balaban J connectivity index is 2.69. The number of alkyl halides is 1. The highest BCUT2D eigenvalue weighted by atomic mass is 79.9. The number of thiophene rings is 1. The average Bonchev–Trinajstić information content (AvgIpc) is 2.36. The van der Waals surface area contributed by atoms with Crippen LogP contribution in [0.5, 0.6) is 0 Å². The minimum absolute atomic E-state index is 0.152. The molecule has 0 fully saturated rings. The smallest absolute Gasteiger partial charge is 0.173 e. The molecule has 0 saturated carbocycles. The van der Waals surface area contributed by atoms with Crippen molar-refractivity contribution in [3.8, 4) is 0 Å². The molecule has 0 aliphatic rings. The van der Waals surface area contributed by atoms with Crippen molar-refractivity contribution >= 4 is 44.7 Å². The molecule has 0 aliphatic carbocycles. The van der Waals surface area contributed by atoms with Gasteiger partial charge in [0.2, 0.25) is 0 Å². The van der Waals surface area contributed by atoms with Crippen LogP contribution in [0, 0.1) is 0 Å². The molecule has 0 spiro atoms. The summed E-state index contributed by atoms with van der Waals surface area (Å²) in [6, 6.07) is 3.51. The van der Waals surface area contributed by atoms with Gasteiger partial charge in [-0.15, -0.1) is 11.3 Å². The molecule has 0 aliphatic heterocycles. The summed E-state index contributed by atoms with van der Waals surface area (Å²) in [6.45, 7) is 0. The van der Waals surface area contributed by atoms with E-state index >= 15 is 0 Å². The average molecular weight is 254 g/mol. The van der Waals surface area contributed by atoms with Crippen LogP contribution in [-0.2, 0) is 0 Å². The molecule has 1 aromatic heterocycles. The first-order valence-corrected chi connectivity index (χ1v) is 5.40. The molecule has 0 N–H and O–H groups in total. The molecule has 0 saturated heterocycles. The van der Waals surface area contributed by atoms with Crippen molar-refractivity contribution in [2.24, 2.45) is 0 Å².